The number of unbranched alkanes of at least 4 members (excludes halogenated alkanes) is 3. The average molecular weight is 495 g/mol. The molecule has 0 aliphatic rings. The standard InChI is InChI=1S/C9H18O3P.3C4H9.Sn/c1-6-7-13(10,11-8(2)3)12-9(4)5;3*1-3-4-2;/h8-9H,1,7H2,2-5H3;3*1,3-4H2,2H3;. The van der Waals surface area contributed by atoms with Gasteiger partial charge < -0.3 is 0 Å². The Bertz CT molecular complexity index is 399. The molecular weight excluding hydrogens is 450 g/mol. The Labute approximate surface area is 168 Å². The van der Waals surface area contributed by atoms with Crippen LogP contribution in [-0.4, -0.2) is 36.7 Å². The predicted octanol–water partition coefficient (Wildman–Crippen LogP) is 7.97. The summed E-state index contributed by atoms with van der Waals surface area (Å²) in [6, 6.07) is 0. The first-order chi connectivity index (χ1) is 12.1. The zero-order valence-corrected chi connectivity index (χ0v) is 22.4. The van der Waals surface area contributed by atoms with E-state index in [4.69, 9.17) is 9.05 Å². The molecule has 0 aromatic heterocycles. The third-order valence-corrected chi connectivity index (χ3v) is 24.0. The fraction of sp³-hybridized carbons (Fsp3) is 0.905. The molecule has 0 aliphatic carbocycles. The van der Waals surface area contributed by atoms with Gasteiger partial charge in [-0.1, -0.05) is 0 Å². The normalized spacial score (nSPS) is 13.0. The predicted molar refractivity (Wildman–Crippen MR) is 119 cm³/mol. The van der Waals surface area contributed by atoms with Crippen molar-refractivity contribution in [2.75, 3.05) is 6.16 Å². The minimum absolute atomic E-state index is 0.0982. The molecule has 0 atom stereocenters. The third-order valence-electron chi connectivity index (χ3n) is 4.90. The van der Waals surface area contributed by atoms with Crippen LogP contribution in [0.1, 0.15) is 87.0 Å². The van der Waals surface area contributed by atoms with E-state index in [0.717, 1.165) is 0 Å². The van der Waals surface area contributed by atoms with Crippen molar-refractivity contribution in [1.29, 1.82) is 0 Å². The van der Waals surface area contributed by atoms with Crippen LogP contribution in [0, 0.1) is 0 Å². The summed E-state index contributed by atoms with van der Waals surface area (Å²) in [5.41, 5.74) is 0. The molecule has 26 heavy (non-hydrogen) atoms. The zero-order valence-electron chi connectivity index (χ0n) is 18.6. The van der Waals surface area contributed by atoms with Crippen molar-refractivity contribution in [2.45, 2.75) is 113 Å². The van der Waals surface area contributed by atoms with Crippen molar-refractivity contribution in [1.82, 2.24) is 0 Å². The monoisotopic (exact) mass is 496 g/mol. The quantitative estimate of drug-likeness (QED) is 0.161. The fourth-order valence-corrected chi connectivity index (χ4v) is 24.4. The second kappa shape index (κ2) is 13.8. The maximum atomic E-state index is 13.4. The molecule has 0 rings (SSSR count). The van der Waals surface area contributed by atoms with Gasteiger partial charge in [-0.3, -0.25) is 0 Å². The Morgan fingerprint density at radius 3 is 1.46 bits per heavy atom. The van der Waals surface area contributed by atoms with E-state index in [-0.39, 0.29) is 12.2 Å². The number of allylic oxidation sites excluding steroid dienone is 1. The molecule has 0 N–H and O–H groups in total. The van der Waals surface area contributed by atoms with Crippen LogP contribution in [0.2, 0.25) is 13.3 Å². The van der Waals surface area contributed by atoms with E-state index < -0.39 is 26.0 Å². The molecule has 0 amide bonds. The summed E-state index contributed by atoms with van der Waals surface area (Å²) in [4.78, 5) is 0. The maximum absolute atomic E-state index is 13.4. The van der Waals surface area contributed by atoms with Gasteiger partial charge in [-0.15, -0.1) is 0 Å². The molecule has 0 radical (unpaired) electrons. The summed E-state index contributed by atoms with van der Waals surface area (Å²) in [5, 5.41) is 0. The first-order valence-electron chi connectivity index (χ1n) is 10.8. The molecule has 0 aromatic rings. The number of hydrogen-bond donors (Lipinski definition) is 0. The Morgan fingerprint density at radius 1 is 0.846 bits per heavy atom. The number of hydrogen-bond acceptors (Lipinski definition) is 3. The van der Waals surface area contributed by atoms with Gasteiger partial charge in [0.1, 0.15) is 0 Å². The van der Waals surface area contributed by atoms with E-state index in [1.165, 1.54) is 55.4 Å². The molecule has 5 heteroatoms. The van der Waals surface area contributed by atoms with Gasteiger partial charge in [0.25, 0.3) is 0 Å². The average Bonchev–Trinajstić information content (AvgIpc) is 2.52. The van der Waals surface area contributed by atoms with Gasteiger partial charge in [0, 0.05) is 0 Å². The molecule has 0 bridgehead atoms. The Morgan fingerprint density at radius 2 is 1.19 bits per heavy atom. The third kappa shape index (κ3) is 10.3. The Kier molecular flexibility index (Phi) is 14.2. The Balaban J connectivity index is 5.57. The van der Waals surface area contributed by atoms with Crippen molar-refractivity contribution in [2.24, 2.45) is 0 Å². The van der Waals surface area contributed by atoms with E-state index in [9.17, 15) is 4.57 Å². The van der Waals surface area contributed by atoms with Crippen molar-refractivity contribution < 1.29 is 13.6 Å². The van der Waals surface area contributed by atoms with Crippen molar-refractivity contribution >= 4 is 26.0 Å². The number of rotatable bonds is 16. The fourth-order valence-electron chi connectivity index (χ4n) is 3.59. The molecule has 0 spiro atoms. The van der Waals surface area contributed by atoms with Gasteiger partial charge in [0.05, 0.1) is 0 Å². The van der Waals surface area contributed by atoms with Gasteiger partial charge in [-0.2, -0.15) is 0 Å². The summed E-state index contributed by atoms with van der Waals surface area (Å²) in [6.45, 7) is 19.1. The molecule has 0 aliphatic heterocycles. The first-order valence-corrected chi connectivity index (χ1v) is 20.0. The van der Waals surface area contributed by atoms with Crippen LogP contribution in [0.25, 0.3) is 0 Å². The van der Waals surface area contributed by atoms with E-state index in [1.54, 1.807) is 0 Å². The van der Waals surface area contributed by atoms with Gasteiger partial charge in [0.2, 0.25) is 0 Å². The SMILES string of the molecule is C=[C](CP(=O)(OC(C)C)OC(C)C)[Sn]([CH2]CCC)([CH2]CCC)[CH2]CCC. The van der Waals surface area contributed by atoms with Crippen LogP contribution in [0.4, 0.5) is 0 Å². The van der Waals surface area contributed by atoms with Crippen LogP contribution < -0.4 is 0 Å². The first kappa shape index (κ1) is 26.7. The van der Waals surface area contributed by atoms with Crippen LogP contribution >= 0.6 is 7.60 Å². The van der Waals surface area contributed by atoms with Crippen LogP contribution in [-0.2, 0) is 13.6 Å². The summed E-state index contributed by atoms with van der Waals surface area (Å²) >= 11 is -2.61. The molecule has 3 nitrogen and oxygen atoms in total. The van der Waals surface area contributed by atoms with Gasteiger partial charge in [0.15, 0.2) is 0 Å². The second-order valence-corrected chi connectivity index (χ2v) is 23.8. The summed E-state index contributed by atoms with van der Waals surface area (Å²) in [6.07, 6.45) is 7.77. The summed E-state index contributed by atoms with van der Waals surface area (Å²) in [5.74, 6) is 0. The molecule has 0 unspecified atom stereocenters. The van der Waals surface area contributed by atoms with E-state index >= 15 is 0 Å². The molecule has 0 saturated heterocycles. The van der Waals surface area contributed by atoms with E-state index in [0.29, 0.717) is 6.16 Å². The van der Waals surface area contributed by atoms with Crippen LogP contribution in [0.5, 0.6) is 0 Å². The van der Waals surface area contributed by atoms with Crippen LogP contribution in [0.15, 0.2) is 10.2 Å². The van der Waals surface area contributed by atoms with Crippen molar-refractivity contribution in [3.05, 3.63) is 10.2 Å². The summed E-state index contributed by atoms with van der Waals surface area (Å²) < 4.78 is 30.4. The summed E-state index contributed by atoms with van der Waals surface area (Å²) in [7, 11) is -3.13. The molecule has 0 aromatic carbocycles. The molecular formula is C21H45O3PSn. The van der Waals surface area contributed by atoms with E-state index in [2.05, 4.69) is 27.4 Å². The van der Waals surface area contributed by atoms with Gasteiger partial charge in [-0.25, -0.2) is 0 Å². The molecule has 0 saturated carbocycles. The van der Waals surface area contributed by atoms with Gasteiger partial charge in [-0.05, 0) is 0 Å². The molecule has 0 fully saturated rings. The zero-order chi connectivity index (χ0) is 20.2. The van der Waals surface area contributed by atoms with Gasteiger partial charge >= 0.3 is 168 Å². The minimum atomic E-state index is -3.13. The van der Waals surface area contributed by atoms with E-state index in [1.807, 2.05) is 27.7 Å². The Hall–Kier alpha value is 0.689. The second-order valence-electron chi connectivity index (χ2n) is 8.27. The van der Waals surface area contributed by atoms with Crippen molar-refractivity contribution in [3.63, 3.8) is 0 Å². The van der Waals surface area contributed by atoms with Crippen molar-refractivity contribution in [3.8, 4) is 0 Å². The van der Waals surface area contributed by atoms with Crippen LogP contribution in [0.3, 0.4) is 0 Å². The molecule has 0 heterocycles. The molecule has 156 valence electrons. The topological polar surface area (TPSA) is 35.5 Å².